The number of nitrogens with one attached hydrogen (secondary N) is 1. The molecule has 0 fully saturated rings. The van der Waals surface area contributed by atoms with Crippen LogP contribution in [-0.4, -0.2) is 35.4 Å². The second-order valence-electron chi connectivity index (χ2n) is 7.88. The average Bonchev–Trinajstić information content (AvgIpc) is 3.21. The number of carbonyl (C=O) groups is 2. The summed E-state index contributed by atoms with van der Waals surface area (Å²) >= 11 is 11.9. The zero-order valence-corrected chi connectivity index (χ0v) is 21.8. The number of nitrogens with two attached hydrogens (primary N) is 1. The van der Waals surface area contributed by atoms with E-state index in [1.807, 2.05) is 36.4 Å². The van der Waals surface area contributed by atoms with Gasteiger partial charge < -0.3 is 21.3 Å². The second-order valence-corrected chi connectivity index (χ2v) is 8.76. The van der Waals surface area contributed by atoms with Crippen LogP contribution < -0.4 is 11.1 Å². The quantitative estimate of drug-likeness (QED) is 0.198. The number of amidine groups is 1. The van der Waals surface area contributed by atoms with Gasteiger partial charge >= 0.3 is 0 Å². The summed E-state index contributed by atoms with van der Waals surface area (Å²) in [5.74, 6) is -0.00610. The lowest BCUT2D eigenvalue weighted by Crippen LogP contribution is -2.39. The summed E-state index contributed by atoms with van der Waals surface area (Å²) in [4.78, 5) is 27.0. The van der Waals surface area contributed by atoms with Crippen LogP contribution >= 0.6 is 23.2 Å². The Morgan fingerprint density at radius 3 is 2.11 bits per heavy atom. The van der Waals surface area contributed by atoms with E-state index in [1.165, 1.54) is 0 Å². The number of benzene rings is 4. The summed E-state index contributed by atoms with van der Waals surface area (Å²) in [6, 6.07) is 28.0. The van der Waals surface area contributed by atoms with E-state index >= 15 is 0 Å². The summed E-state index contributed by atoms with van der Waals surface area (Å²) in [5, 5.41) is 21.4. The van der Waals surface area contributed by atoms with Gasteiger partial charge in [-0.2, -0.15) is 0 Å². The molecular weight excluding hydrogens is 525 g/mol. The Labute approximate surface area is 230 Å². The standard InChI is InChI=1S/C14H11ClN2O.C14H10ClNO2.CH4O/c15-10-6-7-12-11(8-10)14(18,13(16)17-12)9-4-2-1-3-5-9;15-11-6-7-13(16-9-17)12(8-11)14(18)10-4-2-1-3-5-10;1-2/h1-8,18H,(H2,16,17);1-9H,(H,16,17);2H,1H3. The number of aliphatic hydroxyl groups is 2. The molecule has 7 nitrogen and oxygen atoms in total. The molecule has 1 aliphatic heterocycles. The number of hydrogen-bond donors (Lipinski definition) is 4. The number of halogens is 2. The summed E-state index contributed by atoms with van der Waals surface area (Å²) in [5.41, 5.74) is 7.85. The number of amides is 1. The summed E-state index contributed by atoms with van der Waals surface area (Å²) < 4.78 is 0. The first kappa shape index (κ1) is 28.6. The smallest absolute Gasteiger partial charge is 0.211 e. The molecule has 1 amide bonds. The molecule has 1 aliphatic rings. The molecule has 194 valence electrons. The molecule has 38 heavy (non-hydrogen) atoms. The van der Waals surface area contributed by atoms with Crippen LogP contribution in [0.5, 0.6) is 0 Å². The van der Waals surface area contributed by atoms with Gasteiger partial charge in [-0.15, -0.1) is 0 Å². The molecule has 0 saturated carbocycles. The van der Waals surface area contributed by atoms with Gasteiger partial charge in [0.1, 0.15) is 5.84 Å². The Balaban J connectivity index is 0.000000198. The highest BCUT2D eigenvalue weighted by molar-refractivity contribution is 6.31. The molecule has 0 radical (unpaired) electrons. The zero-order chi connectivity index (χ0) is 27.7. The van der Waals surface area contributed by atoms with Gasteiger partial charge in [0, 0.05) is 33.8 Å². The van der Waals surface area contributed by atoms with Crippen LogP contribution in [0.25, 0.3) is 0 Å². The number of ketones is 1. The van der Waals surface area contributed by atoms with Crippen molar-refractivity contribution in [2.75, 3.05) is 12.4 Å². The number of nitrogens with zero attached hydrogens (tertiary/aromatic N) is 1. The maximum Gasteiger partial charge on any atom is 0.211 e. The lowest BCUT2D eigenvalue weighted by atomic mass is 9.86. The van der Waals surface area contributed by atoms with Crippen molar-refractivity contribution < 1.29 is 19.8 Å². The van der Waals surface area contributed by atoms with Crippen molar-refractivity contribution in [3.8, 4) is 0 Å². The lowest BCUT2D eigenvalue weighted by Gasteiger charge is -2.24. The minimum absolute atomic E-state index is 0.172. The Hall–Kier alpha value is -4.01. The number of hydrogen-bond acceptors (Lipinski definition) is 6. The molecule has 0 spiro atoms. The number of anilines is 1. The Morgan fingerprint density at radius 1 is 0.895 bits per heavy atom. The van der Waals surface area contributed by atoms with E-state index in [0.29, 0.717) is 50.1 Å². The number of fused-ring (bicyclic) bond motifs is 1. The van der Waals surface area contributed by atoms with Crippen molar-refractivity contribution in [2.45, 2.75) is 5.60 Å². The normalized spacial score (nSPS) is 15.0. The SMILES string of the molecule is CO.NC1=Nc2ccc(Cl)cc2C1(O)c1ccccc1.O=CNc1ccc(Cl)cc1C(=O)c1ccccc1. The van der Waals surface area contributed by atoms with Crippen molar-refractivity contribution in [2.24, 2.45) is 10.7 Å². The number of rotatable bonds is 5. The fourth-order valence-electron chi connectivity index (χ4n) is 3.87. The monoisotopic (exact) mass is 549 g/mol. The fourth-order valence-corrected chi connectivity index (χ4v) is 4.21. The van der Waals surface area contributed by atoms with Gasteiger partial charge in [-0.05, 0) is 42.0 Å². The molecule has 4 aromatic rings. The van der Waals surface area contributed by atoms with Crippen LogP contribution in [0.15, 0.2) is 102 Å². The van der Waals surface area contributed by atoms with E-state index in [-0.39, 0.29) is 11.6 Å². The third kappa shape index (κ3) is 6.10. The molecule has 9 heteroatoms. The Morgan fingerprint density at radius 2 is 1.47 bits per heavy atom. The van der Waals surface area contributed by atoms with Gasteiger partial charge in [0.25, 0.3) is 0 Å². The predicted octanol–water partition coefficient (Wildman–Crippen LogP) is 5.33. The van der Waals surface area contributed by atoms with Gasteiger partial charge in [-0.3, -0.25) is 9.59 Å². The molecule has 5 N–H and O–H groups in total. The second kappa shape index (κ2) is 13.0. The highest BCUT2D eigenvalue weighted by Crippen LogP contribution is 2.42. The van der Waals surface area contributed by atoms with Gasteiger partial charge in [-0.25, -0.2) is 4.99 Å². The predicted molar refractivity (Wildman–Crippen MR) is 151 cm³/mol. The first-order valence-electron chi connectivity index (χ1n) is 11.3. The van der Waals surface area contributed by atoms with E-state index in [4.69, 9.17) is 34.0 Å². The highest BCUT2D eigenvalue weighted by Gasteiger charge is 2.42. The van der Waals surface area contributed by atoms with Gasteiger partial charge in [0.15, 0.2) is 11.4 Å². The van der Waals surface area contributed by atoms with Crippen molar-refractivity contribution in [1.29, 1.82) is 0 Å². The Bertz CT molecular complexity index is 1450. The van der Waals surface area contributed by atoms with E-state index in [0.717, 1.165) is 7.11 Å². The minimum atomic E-state index is -1.39. The topological polar surface area (TPSA) is 125 Å². The molecule has 0 aromatic heterocycles. The first-order valence-corrected chi connectivity index (χ1v) is 12.1. The minimum Gasteiger partial charge on any atom is -0.400 e. The average molecular weight is 550 g/mol. The molecule has 4 aromatic carbocycles. The van der Waals surface area contributed by atoms with Crippen molar-refractivity contribution in [3.63, 3.8) is 0 Å². The third-order valence-electron chi connectivity index (χ3n) is 5.63. The third-order valence-corrected chi connectivity index (χ3v) is 6.10. The number of aliphatic hydroxyl groups excluding tert-OH is 1. The first-order chi connectivity index (χ1) is 18.3. The maximum absolute atomic E-state index is 12.3. The van der Waals surface area contributed by atoms with Crippen LogP contribution in [0.2, 0.25) is 10.0 Å². The summed E-state index contributed by atoms with van der Waals surface area (Å²) in [6.07, 6.45) is 0.533. The molecule has 0 bridgehead atoms. The summed E-state index contributed by atoms with van der Waals surface area (Å²) in [6.45, 7) is 0. The van der Waals surface area contributed by atoms with Crippen LogP contribution in [0, 0.1) is 0 Å². The molecule has 5 rings (SSSR count). The van der Waals surface area contributed by atoms with E-state index in [2.05, 4.69) is 10.3 Å². The maximum atomic E-state index is 12.3. The molecule has 1 heterocycles. The van der Waals surface area contributed by atoms with E-state index < -0.39 is 5.60 Å². The lowest BCUT2D eigenvalue weighted by molar-refractivity contribution is -0.105. The van der Waals surface area contributed by atoms with Crippen molar-refractivity contribution in [3.05, 3.63) is 129 Å². The van der Waals surface area contributed by atoms with Crippen molar-refractivity contribution in [1.82, 2.24) is 0 Å². The number of aliphatic imine (C=N–C) groups is 1. The Kier molecular flexibility index (Phi) is 9.76. The molecule has 0 aliphatic carbocycles. The molecular formula is C29H25Cl2N3O4. The van der Waals surface area contributed by atoms with Crippen LogP contribution in [-0.2, 0) is 10.4 Å². The van der Waals surface area contributed by atoms with Crippen molar-refractivity contribution >= 4 is 52.6 Å². The zero-order valence-electron chi connectivity index (χ0n) is 20.3. The number of carbonyl (C=O) groups excluding carboxylic acids is 2. The van der Waals surface area contributed by atoms with E-state index in [9.17, 15) is 14.7 Å². The largest absolute Gasteiger partial charge is 0.400 e. The van der Waals surface area contributed by atoms with Crippen LogP contribution in [0.4, 0.5) is 11.4 Å². The van der Waals surface area contributed by atoms with Gasteiger partial charge in [-0.1, -0.05) is 83.9 Å². The van der Waals surface area contributed by atoms with Gasteiger partial charge in [0.2, 0.25) is 6.41 Å². The molecule has 1 unspecified atom stereocenters. The fraction of sp³-hybridized carbons (Fsp3) is 0.0690. The van der Waals surface area contributed by atoms with Gasteiger partial charge in [0.05, 0.1) is 11.4 Å². The summed E-state index contributed by atoms with van der Waals surface area (Å²) in [7, 11) is 1.00. The van der Waals surface area contributed by atoms with E-state index in [1.54, 1.807) is 60.7 Å². The van der Waals surface area contributed by atoms with Crippen LogP contribution in [0.3, 0.4) is 0 Å². The molecule has 1 atom stereocenters. The molecule has 0 saturated heterocycles. The van der Waals surface area contributed by atoms with Crippen LogP contribution in [0.1, 0.15) is 27.0 Å². The highest BCUT2D eigenvalue weighted by atomic mass is 35.5.